The molecule has 2 aromatic carbocycles. The highest BCUT2D eigenvalue weighted by Crippen LogP contribution is 2.33. The molecule has 2 heterocycles. The minimum Gasteiger partial charge on any atom is -0.503 e. The number of aromatic nitrogens is 3. The van der Waals surface area contributed by atoms with Gasteiger partial charge >= 0.3 is 0 Å². The van der Waals surface area contributed by atoms with Gasteiger partial charge in [0.1, 0.15) is 5.82 Å². The quantitative estimate of drug-likeness (QED) is 0.393. The summed E-state index contributed by atoms with van der Waals surface area (Å²) in [6.45, 7) is 0. The highest BCUT2D eigenvalue weighted by atomic mass is 32.2. The van der Waals surface area contributed by atoms with Crippen molar-refractivity contribution >= 4 is 10.0 Å². The van der Waals surface area contributed by atoms with Crippen LogP contribution in [0, 0.1) is 0 Å². The maximum absolute atomic E-state index is 12.2. The first-order chi connectivity index (χ1) is 15.6. The molecule has 0 saturated heterocycles. The fraction of sp³-hybridized carbons (Fsp3) is 0.0833. The number of imidazole rings is 1. The molecular weight excluding hydrogens is 424 g/mol. The van der Waals surface area contributed by atoms with Gasteiger partial charge in [0, 0.05) is 35.3 Å². The molecule has 32 heavy (non-hydrogen) atoms. The molecule has 0 fully saturated rings. The lowest BCUT2D eigenvalue weighted by molar-refractivity contribution is 0.336. The van der Waals surface area contributed by atoms with Crippen LogP contribution < -0.4 is 4.72 Å². The molecule has 0 atom stereocenters. The third-order valence-electron chi connectivity index (χ3n) is 4.76. The van der Waals surface area contributed by atoms with Crippen LogP contribution in [-0.2, 0) is 20.5 Å². The van der Waals surface area contributed by atoms with Gasteiger partial charge in [0.25, 0.3) is 0 Å². The molecule has 4 rings (SSSR count). The Kier molecular flexibility index (Phi) is 6.32. The Morgan fingerprint density at radius 3 is 2.34 bits per heavy atom. The molecule has 0 bridgehead atoms. The van der Waals surface area contributed by atoms with Crippen molar-refractivity contribution in [1.82, 2.24) is 19.7 Å². The number of benzene rings is 2. The molecule has 0 spiro atoms. The molecule has 8 heteroatoms. The van der Waals surface area contributed by atoms with Crippen LogP contribution in [0.25, 0.3) is 33.9 Å². The van der Waals surface area contributed by atoms with Crippen LogP contribution in [0.1, 0.15) is 5.56 Å². The van der Waals surface area contributed by atoms with E-state index in [0.29, 0.717) is 5.56 Å². The van der Waals surface area contributed by atoms with Crippen molar-refractivity contribution in [2.45, 2.75) is 5.75 Å². The summed E-state index contributed by atoms with van der Waals surface area (Å²) in [6, 6.07) is 21.1. The zero-order valence-corrected chi connectivity index (χ0v) is 18.2. The van der Waals surface area contributed by atoms with Gasteiger partial charge in [0.2, 0.25) is 10.0 Å². The van der Waals surface area contributed by atoms with Gasteiger partial charge in [-0.25, -0.2) is 13.4 Å². The fourth-order valence-corrected chi connectivity index (χ4v) is 4.24. The lowest BCUT2D eigenvalue weighted by Gasteiger charge is -2.06. The first kappa shape index (κ1) is 21.3. The molecule has 2 aromatic heterocycles. The van der Waals surface area contributed by atoms with Gasteiger partial charge in [-0.3, -0.25) is 9.71 Å². The molecular formula is C24H22N4O3S. The highest BCUT2D eigenvalue weighted by Gasteiger charge is 2.16. The molecule has 0 aliphatic heterocycles. The fourth-order valence-electron chi connectivity index (χ4n) is 3.26. The maximum Gasteiger partial charge on any atom is 0.236 e. The predicted octanol–water partition coefficient (Wildman–Crippen LogP) is 4.34. The van der Waals surface area contributed by atoms with Gasteiger partial charge in [-0.05, 0) is 17.7 Å². The van der Waals surface area contributed by atoms with Crippen molar-refractivity contribution in [3.63, 3.8) is 0 Å². The van der Waals surface area contributed by atoms with Crippen LogP contribution in [0.3, 0.4) is 0 Å². The van der Waals surface area contributed by atoms with Crippen molar-refractivity contribution < 1.29 is 13.2 Å². The van der Waals surface area contributed by atoms with Crippen molar-refractivity contribution in [1.29, 1.82) is 0 Å². The molecule has 0 aliphatic carbocycles. The first-order valence-electron chi connectivity index (χ1n) is 9.89. The normalized spacial score (nSPS) is 11.5. The van der Waals surface area contributed by atoms with Crippen LogP contribution >= 0.6 is 0 Å². The standard InChI is InChI=1S/C24H22N4O3S/c1-31-16-15-26-32(29,30)17-18-7-9-19(10-8-18)22-23(20-11-13-25-14-12-20)28-24(27-22)21-5-3-2-4-6-21/h2-16,26H,17H2,1H3,(H,27,28)/b16-15+. The summed E-state index contributed by atoms with van der Waals surface area (Å²) in [6.07, 6.45) is 5.99. The summed E-state index contributed by atoms with van der Waals surface area (Å²) in [5.41, 5.74) is 5.14. The minimum atomic E-state index is -3.51. The van der Waals surface area contributed by atoms with Crippen molar-refractivity contribution in [2.24, 2.45) is 0 Å². The number of H-pyrrole nitrogens is 1. The molecule has 0 amide bonds. The van der Waals surface area contributed by atoms with Gasteiger partial charge in [0.15, 0.2) is 0 Å². The second kappa shape index (κ2) is 9.49. The van der Waals surface area contributed by atoms with Crippen LogP contribution in [-0.4, -0.2) is 30.5 Å². The first-order valence-corrected chi connectivity index (χ1v) is 11.5. The van der Waals surface area contributed by atoms with Crippen LogP contribution in [0.4, 0.5) is 0 Å². The zero-order valence-electron chi connectivity index (χ0n) is 17.4. The van der Waals surface area contributed by atoms with Crippen molar-refractivity contribution in [2.75, 3.05) is 7.11 Å². The van der Waals surface area contributed by atoms with E-state index < -0.39 is 10.0 Å². The molecule has 2 N–H and O–H groups in total. The van der Waals surface area contributed by atoms with Crippen molar-refractivity contribution in [3.05, 3.63) is 97.1 Å². The summed E-state index contributed by atoms with van der Waals surface area (Å²) in [7, 11) is -2.07. The number of sulfonamides is 1. The molecule has 7 nitrogen and oxygen atoms in total. The van der Waals surface area contributed by atoms with Gasteiger partial charge in [0.05, 0.1) is 30.5 Å². The van der Waals surface area contributed by atoms with Crippen molar-refractivity contribution in [3.8, 4) is 33.9 Å². The molecule has 0 radical (unpaired) electrons. The number of aromatic amines is 1. The molecule has 0 saturated carbocycles. The van der Waals surface area contributed by atoms with E-state index in [1.807, 2.05) is 54.6 Å². The van der Waals surface area contributed by atoms with E-state index in [-0.39, 0.29) is 5.75 Å². The third-order valence-corrected chi connectivity index (χ3v) is 5.96. The van der Waals surface area contributed by atoms with E-state index in [4.69, 9.17) is 9.72 Å². The number of hydrogen-bond acceptors (Lipinski definition) is 5. The minimum absolute atomic E-state index is 0.144. The smallest absolute Gasteiger partial charge is 0.236 e. The number of rotatable bonds is 8. The van der Waals surface area contributed by atoms with Crippen LogP contribution in [0.5, 0.6) is 0 Å². The number of hydrogen-bond donors (Lipinski definition) is 2. The number of pyridine rings is 1. The summed E-state index contributed by atoms with van der Waals surface area (Å²) < 4.78 is 31.4. The molecule has 162 valence electrons. The molecule has 0 unspecified atom stereocenters. The lowest BCUT2D eigenvalue weighted by atomic mass is 10.0. The molecule has 4 aromatic rings. The van der Waals surface area contributed by atoms with Gasteiger partial charge in [-0.1, -0.05) is 54.6 Å². The maximum atomic E-state index is 12.2. The van der Waals surface area contributed by atoms with E-state index in [1.54, 1.807) is 24.5 Å². The van der Waals surface area contributed by atoms with E-state index in [0.717, 1.165) is 33.9 Å². The SMILES string of the molecule is CO/C=C/NS(=O)(=O)Cc1ccc(-c2nc(-c3ccccc3)[nH]c2-c2ccncc2)cc1. The largest absolute Gasteiger partial charge is 0.503 e. The van der Waals surface area contributed by atoms with Crippen LogP contribution in [0.15, 0.2) is 91.6 Å². The van der Waals surface area contributed by atoms with E-state index >= 15 is 0 Å². The van der Waals surface area contributed by atoms with E-state index in [1.165, 1.54) is 19.6 Å². The lowest BCUT2D eigenvalue weighted by Crippen LogP contribution is -2.19. The average molecular weight is 447 g/mol. The predicted molar refractivity (Wildman–Crippen MR) is 125 cm³/mol. The monoisotopic (exact) mass is 446 g/mol. The molecule has 0 aliphatic rings. The summed E-state index contributed by atoms with van der Waals surface area (Å²) >= 11 is 0. The Balaban J connectivity index is 1.67. The Morgan fingerprint density at radius 2 is 1.66 bits per heavy atom. The Morgan fingerprint density at radius 1 is 0.938 bits per heavy atom. The van der Waals surface area contributed by atoms with E-state index in [9.17, 15) is 8.42 Å². The topological polar surface area (TPSA) is 97.0 Å². The Bertz CT molecular complexity index is 1300. The second-order valence-electron chi connectivity index (χ2n) is 7.02. The second-order valence-corrected chi connectivity index (χ2v) is 8.78. The highest BCUT2D eigenvalue weighted by molar-refractivity contribution is 7.88. The van der Waals surface area contributed by atoms with Crippen LogP contribution in [0.2, 0.25) is 0 Å². The number of nitrogens with zero attached hydrogens (tertiary/aromatic N) is 2. The summed E-state index contributed by atoms with van der Waals surface area (Å²) in [5.74, 6) is 0.613. The third kappa shape index (κ3) is 5.04. The summed E-state index contributed by atoms with van der Waals surface area (Å²) in [4.78, 5) is 12.4. The Labute approximate surface area is 186 Å². The zero-order chi connectivity index (χ0) is 22.4. The van der Waals surface area contributed by atoms with Gasteiger partial charge in [-0.2, -0.15) is 0 Å². The number of ether oxygens (including phenoxy) is 1. The number of nitrogens with one attached hydrogen (secondary N) is 2. The van der Waals surface area contributed by atoms with Gasteiger partial charge in [-0.15, -0.1) is 0 Å². The average Bonchev–Trinajstić information content (AvgIpc) is 3.26. The summed E-state index contributed by atoms with van der Waals surface area (Å²) in [5, 5.41) is 0. The van der Waals surface area contributed by atoms with Gasteiger partial charge < -0.3 is 9.72 Å². The van der Waals surface area contributed by atoms with E-state index in [2.05, 4.69) is 14.7 Å². The Hall–Kier alpha value is -3.91. The number of methoxy groups -OCH3 is 1.